The fourth-order valence-electron chi connectivity index (χ4n) is 3.59. The van der Waals surface area contributed by atoms with Gasteiger partial charge < -0.3 is 25.0 Å². The van der Waals surface area contributed by atoms with Crippen molar-refractivity contribution in [3.8, 4) is 11.5 Å². The highest BCUT2D eigenvalue weighted by atomic mass is 127. The summed E-state index contributed by atoms with van der Waals surface area (Å²) in [4.78, 5) is 20.3. The minimum Gasteiger partial charge on any atom is -0.497 e. The van der Waals surface area contributed by atoms with E-state index in [9.17, 15) is 13.6 Å². The molecule has 1 amide bonds. The Morgan fingerprint density at radius 3 is 2.72 bits per heavy atom. The molecule has 11 heteroatoms. The van der Waals surface area contributed by atoms with Gasteiger partial charge in [0.2, 0.25) is 5.91 Å². The van der Waals surface area contributed by atoms with E-state index in [0.29, 0.717) is 23.8 Å². The second-order valence-electron chi connectivity index (χ2n) is 7.48. The number of benzene rings is 1. The van der Waals surface area contributed by atoms with Crippen LogP contribution in [0.5, 0.6) is 11.5 Å². The van der Waals surface area contributed by atoms with Crippen molar-refractivity contribution in [3.63, 3.8) is 0 Å². The molecule has 1 atom stereocenters. The van der Waals surface area contributed by atoms with Crippen LogP contribution in [0.3, 0.4) is 0 Å². The number of halogens is 3. The Kier molecular flexibility index (Phi) is 12.6. The Bertz CT molecular complexity index is 752. The number of likely N-dealkylation sites (N-methyl/N-ethyl adjacent to an activating group) is 1. The summed E-state index contributed by atoms with van der Waals surface area (Å²) in [5.74, 6) is 1.34. The van der Waals surface area contributed by atoms with Gasteiger partial charge in [-0.15, -0.1) is 24.0 Å². The molecule has 1 fully saturated rings. The van der Waals surface area contributed by atoms with E-state index in [-0.39, 0.29) is 48.2 Å². The first-order chi connectivity index (χ1) is 14.8. The summed E-state index contributed by atoms with van der Waals surface area (Å²) in [6, 6.07) is 4.64. The van der Waals surface area contributed by atoms with E-state index in [4.69, 9.17) is 4.74 Å². The predicted molar refractivity (Wildman–Crippen MR) is 131 cm³/mol. The van der Waals surface area contributed by atoms with Crippen molar-refractivity contribution in [1.29, 1.82) is 0 Å². The summed E-state index contributed by atoms with van der Waals surface area (Å²) < 4.78 is 35.1. The van der Waals surface area contributed by atoms with Crippen LogP contribution in [0.4, 0.5) is 8.78 Å². The molecule has 1 aliphatic rings. The van der Waals surface area contributed by atoms with E-state index >= 15 is 0 Å². The van der Waals surface area contributed by atoms with Crippen molar-refractivity contribution in [3.05, 3.63) is 23.8 Å². The van der Waals surface area contributed by atoms with Gasteiger partial charge in [0.25, 0.3) is 0 Å². The second kappa shape index (κ2) is 14.3. The molecule has 2 N–H and O–H groups in total. The molecule has 1 unspecified atom stereocenters. The molecular formula is C21H34F2IN5O3. The van der Waals surface area contributed by atoms with Crippen molar-refractivity contribution >= 4 is 35.8 Å². The van der Waals surface area contributed by atoms with Gasteiger partial charge in [0.15, 0.2) is 5.96 Å². The van der Waals surface area contributed by atoms with Crippen LogP contribution < -0.4 is 20.1 Å². The fraction of sp³-hybridized carbons (Fsp3) is 0.619. The number of carbonyl (C=O) groups excluding carboxylic acids is 1. The van der Waals surface area contributed by atoms with E-state index in [1.165, 1.54) is 13.2 Å². The van der Waals surface area contributed by atoms with E-state index in [1.807, 2.05) is 0 Å². The van der Waals surface area contributed by atoms with Gasteiger partial charge in [-0.05, 0) is 44.0 Å². The molecule has 0 bridgehead atoms. The molecule has 8 nitrogen and oxygen atoms in total. The van der Waals surface area contributed by atoms with Gasteiger partial charge >= 0.3 is 6.61 Å². The number of nitrogens with one attached hydrogen (secondary N) is 2. The van der Waals surface area contributed by atoms with Crippen molar-refractivity contribution in [2.75, 3.05) is 47.9 Å². The molecule has 1 aromatic carbocycles. The highest BCUT2D eigenvalue weighted by Crippen LogP contribution is 2.25. The molecule has 1 aromatic rings. The second-order valence-corrected chi connectivity index (χ2v) is 7.48. The maximum atomic E-state index is 12.7. The summed E-state index contributed by atoms with van der Waals surface area (Å²) >= 11 is 0. The van der Waals surface area contributed by atoms with Crippen molar-refractivity contribution in [2.45, 2.75) is 38.5 Å². The molecule has 1 aliphatic heterocycles. The molecule has 0 aliphatic carbocycles. The lowest BCUT2D eigenvalue weighted by molar-refractivity contribution is -0.133. The summed E-state index contributed by atoms with van der Waals surface area (Å²) in [7, 11) is 6.73. The molecule has 1 heterocycles. The molecule has 0 aromatic heterocycles. The molecule has 32 heavy (non-hydrogen) atoms. The number of rotatable bonds is 10. The number of nitrogens with zero attached hydrogens (tertiary/aromatic N) is 3. The SMILES string of the molecule is CN=C(NCCCN1CCCC1C(=O)N(C)C)NCc1cc(OC)ccc1OC(F)F.I. The van der Waals surface area contributed by atoms with Crippen LogP contribution in [-0.2, 0) is 11.3 Å². The average molecular weight is 569 g/mol. The normalized spacial score (nSPS) is 16.5. The number of methoxy groups -OCH3 is 1. The zero-order chi connectivity index (χ0) is 22.8. The van der Waals surface area contributed by atoms with Crippen molar-refractivity contribution in [1.82, 2.24) is 20.4 Å². The van der Waals surface area contributed by atoms with E-state index < -0.39 is 6.61 Å². The highest BCUT2D eigenvalue weighted by molar-refractivity contribution is 14.0. The number of ether oxygens (including phenoxy) is 2. The van der Waals surface area contributed by atoms with Gasteiger partial charge in [0.05, 0.1) is 13.2 Å². The van der Waals surface area contributed by atoms with Gasteiger partial charge in [-0.3, -0.25) is 14.7 Å². The maximum Gasteiger partial charge on any atom is 0.387 e. The quantitative estimate of drug-likeness (QED) is 0.195. The van der Waals surface area contributed by atoms with Crippen LogP contribution in [0.25, 0.3) is 0 Å². The number of guanidine groups is 1. The Morgan fingerprint density at radius 1 is 1.34 bits per heavy atom. The first-order valence-corrected chi connectivity index (χ1v) is 10.4. The summed E-state index contributed by atoms with van der Waals surface area (Å²) in [6.45, 7) is -0.253. The third-order valence-corrected chi connectivity index (χ3v) is 5.16. The van der Waals surface area contributed by atoms with Crippen LogP contribution in [0.1, 0.15) is 24.8 Å². The number of likely N-dealkylation sites (tertiary alicyclic amines) is 1. The van der Waals surface area contributed by atoms with Gasteiger partial charge in [0, 0.05) is 46.3 Å². The number of hydrogen-bond donors (Lipinski definition) is 2. The molecule has 2 rings (SSSR count). The Balaban J connectivity index is 0.00000512. The fourth-order valence-corrected chi connectivity index (χ4v) is 3.59. The molecule has 1 saturated heterocycles. The predicted octanol–water partition coefficient (Wildman–Crippen LogP) is 2.52. The van der Waals surface area contributed by atoms with Crippen molar-refractivity contribution < 1.29 is 23.0 Å². The number of carbonyl (C=O) groups is 1. The highest BCUT2D eigenvalue weighted by Gasteiger charge is 2.30. The van der Waals surface area contributed by atoms with E-state index in [0.717, 1.165) is 32.4 Å². The van der Waals surface area contributed by atoms with Gasteiger partial charge in [0.1, 0.15) is 11.5 Å². The Morgan fingerprint density at radius 2 is 2.09 bits per heavy atom. The zero-order valence-electron chi connectivity index (χ0n) is 19.1. The Hall–Kier alpha value is -1.89. The first-order valence-electron chi connectivity index (χ1n) is 10.4. The van der Waals surface area contributed by atoms with Gasteiger partial charge in [-0.1, -0.05) is 0 Å². The molecular weight excluding hydrogens is 535 g/mol. The van der Waals surface area contributed by atoms with Crippen LogP contribution in [0, 0.1) is 0 Å². The summed E-state index contributed by atoms with van der Waals surface area (Å²) in [5.41, 5.74) is 0.532. The molecule has 0 spiro atoms. The number of hydrogen-bond acceptors (Lipinski definition) is 5. The smallest absolute Gasteiger partial charge is 0.387 e. The zero-order valence-corrected chi connectivity index (χ0v) is 21.4. The van der Waals surface area contributed by atoms with E-state index in [1.54, 1.807) is 38.2 Å². The summed E-state index contributed by atoms with van der Waals surface area (Å²) in [5, 5.41) is 6.32. The van der Waals surface area contributed by atoms with E-state index in [2.05, 4.69) is 25.3 Å². The van der Waals surface area contributed by atoms with Gasteiger partial charge in [-0.25, -0.2) is 0 Å². The third-order valence-electron chi connectivity index (χ3n) is 5.16. The first kappa shape index (κ1) is 28.1. The maximum absolute atomic E-state index is 12.7. The third kappa shape index (κ3) is 8.57. The minimum absolute atomic E-state index is 0. The van der Waals surface area contributed by atoms with Gasteiger partial charge in [-0.2, -0.15) is 8.78 Å². The van der Waals surface area contributed by atoms with Crippen LogP contribution >= 0.6 is 24.0 Å². The molecule has 0 saturated carbocycles. The lowest BCUT2D eigenvalue weighted by Crippen LogP contribution is -2.44. The molecule has 0 radical (unpaired) electrons. The minimum atomic E-state index is -2.90. The topological polar surface area (TPSA) is 78.4 Å². The molecule has 182 valence electrons. The lowest BCUT2D eigenvalue weighted by atomic mass is 10.2. The number of alkyl halides is 2. The lowest BCUT2D eigenvalue weighted by Gasteiger charge is -2.26. The van der Waals surface area contributed by atoms with Crippen LogP contribution in [0.15, 0.2) is 23.2 Å². The number of aliphatic imine (C=N–C) groups is 1. The standard InChI is InChI=1S/C21H33F2N5O3.HI/c1-24-21(25-10-6-12-28-11-5-7-17(28)19(29)27(2)3)26-14-15-13-16(30-4)8-9-18(15)31-20(22)23;/h8-9,13,17,20H,5-7,10-12,14H2,1-4H3,(H2,24,25,26);1H. The largest absolute Gasteiger partial charge is 0.497 e. The number of amides is 1. The monoisotopic (exact) mass is 569 g/mol. The van der Waals surface area contributed by atoms with Crippen molar-refractivity contribution in [2.24, 2.45) is 4.99 Å². The average Bonchev–Trinajstić information content (AvgIpc) is 3.21. The Labute approximate surface area is 205 Å². The summed E-state index contributed by atoms with van der Waals surface area (Å²) in [6.07, 6.45) is 2.78. The van der Waals surface area contributed by atoms with Crippen LogP contribution in [-0.4, -0.2) is 82.2 Å². The van der Waals surface area contributed by atoms with Crippen LogP contribution in [0.2, 0.25) is 0 Å².